The van der Waals surface area contributed by atoms with Crippen molar-refractivity contribution in [3.63, 3.8) is 0 Å². The Morgan fingerprint density at radius 3 is 2.52 bits per heavy atom. The lowest BCUT2D eigenvalue weighted by atomic mass is 9.93. The molecule has 0 spiro atoms. The van der Waals surface area contributed by atoms with E-state index in [0.717, 1.165) is 36.6 Å². The maximum Gasteiger partial charge on any atom is 0.261 e. The van der Waals surface area contributed by atoms with Crippen molar-refractivity contribution in [1.29, 1.82) is 0 Å². The van der Waals surface area contributed by atoms with E-state index >= 15 is 0 Å². The number of hydrogen-bond acceptors (Lipinski definition) is 9. The highest BCUT2D eigenvalue weighted by Crippen LogP contribution is 2.28. The van der Waals surface area contributed by atoms with Crippen LogP contribution in [-0.2, 0) is 16.6 Å². The molecule has 0 saturated heterocycles. The Kier molecular flexibility index (Phi) is 6.95. The highest BCUT2D eigenvalue weighted by atomic mass is 32.2. The number of pyridine rings is 1. The fourth-order valence-electron chi connectivity index (χ4n) is 4.93. The quantitative estimate of drug-likeness (QED) is 0.214. The number of aliphatic hydroxyl groups excluding tert-OH is 1. The van der Waals surface area contributed by atoms with Gasteiger partial charge in [0.05, 0.1) is 34.7 Å². The van der Waals surface area contributed by atoms with Gasteiger partial charge in [-0.05, 0) is 69.0 Å². The molecule has 5 aromatic rings. The fraction of sp³-hybridized carbons (Fsp3) is 0.286. The third-order valence-corrected chi connectivity index (χ3v) is 8.50. The first kappa shape index (κ1) is 26.0. The number of benzene rings is 2. The smallest absolute Gasteiger partial charge is 0.261 e. The largest absolute Gasteiger partial charge is 0.393 e. The van der Waals surface area contributed by atoms with Gasteiger partial charge in [-0.15, -0.1) is 0 Å². The van der Waals surface area contributed by atoms with Crippen molar-refractivity contribution in [2.45, 2.75) is 56.2 Å². The van der Waals surface area contributed by atoms with Gasteiger partial charge in [0.2, 0.25) is 5.95 Å². The summed E-state index contributed by atoms with van der Waals surface area (Å²) in [4.78, 5) is 18.4. The van der Waals surface area contributed by atoms with Crippen molar-refractivity contribution in [2.75, 3.05) is 15.4 Å². The zero-order valence-corrected chi connectivity index (χ0v) is 22.8. The predicted molar refractivity (Wildman–Crippen MR) is 155 cm³/mol. The number of hydrogen-bond donors (Lipinski definition) is 4. The van der Waals surface area contributed by atoms with Crippen molar-refractivity contribution in [3.8, 4) is 0 Å². The maximum absolute atomic E-state index is 13.1. The minimum atomic E-state index is -3.82. The first-order valence-electron chi connectivity index (χ1n) is 13.3. The van der Waals surface area contributed by atoms with Crippen molar-refractivity contribution >= 4 is 55.2 Å². The van der Waals surface area contributed by atoms with Gasteiger partial charge in [-0.3, -0.25) is 9.71 Å². The maximum atomic E-state index is 13.1. The molecule has 0 amide bonds. The molecule has 1 saturated carbocycles. The second kappa shape index (κ2) is 10.7. The van der Waals surface area contributed by atoms with Gasteiger partial charge < -0.3 is 20.3 Å². The van der Waals surface area contributed by atoms with Crippen molar-refractivity contribution in [3.05, 3.63) is 67.1 Å². The van der Waals surface area contributed by atoms with E-state index in [1.165, 1.54) is 18.3 Å². The number of aromatic nitrogens is 5. The Balaban J connectivity index is 1.23. The summed E-state index contributed by atoms with van der Waals surface area (Å²) in [6.45, 7) is 2.72. The third-order valence-electron chi connectivity index (χ3n) is 7.10. The molecular weight excluding hydrogens is 528 g/mol. The van der Waals surface area contributed by atoms with E-state index in [9.17, 15) is 13.5 Å². The van der Waals surface area contributed by atoms with Crippen LogP contribution in [0, 0.1) is 0 Å². The lowest BCUT2D eigenvalue weighted by Gasteiger charge is -2.26. The van der Waals surface area contributed by atoms with E-state index in [4.69, 9.17) is 9.97 Å². The highest BCUT2D eigenvalue weighted by molar-refractivity contribution is 7.92. The molecule has 0 unspecified atom stereocenters. The third kappa shape index (κ3) is 5.40. The minimum absolute atomic E-state index is 0.121. The van der Waals surface area contributed by atoms with E-state index in [1.54, 1.807) is 24.5 Å². The average Bonchev–Trinajstić information content (AvgIpc) is 3.38. The van der Waals surface area contributed by atoms with E-state index < -0.39 is 10.0 Å². The van der Waals surface area contributed by atoms with Gasteiger partial charge in [-0.25, -0.2) is 13.4 Å². The first-order valence-corrected chi connectivity index (χ1v) is 14.8. The number of nitrogens with one attached hydrogen (secondary N) is 3. The molecule has 2 aromatic carbocycles. The molecule has 4 N–H and O–H groups in total. The van der Waals surface area contributed by atoms with Crippen LogP contribution in [0.3, 0.4) is 0 Å². The molecule has 1 aliphatic rings. The number of nitrogens with zero attached hydrogens (tertiary/aromatic N) is 5. The Hall–Kier alpha value is -4.29. The normalized spacial score (nSPS) is 17.6. The van der Waals surface area contributed by atoms with Crippen LogP contribution >= 0.6 is 0 Å². The number of para-hydroxylation sites is 1. The molecule has 11 nitrogen and oxygen atoms in total. The lowest BCUT2D eigenvalue weighted by molar-refractivity contribution is 0.126. The van der Waals surface area contributed by atoms with Gasteiger partial charge >= 0.3 is 0 Å². The number of aryl methyl sites for hydroxylation is 1. The van der Waals surface area contributed by atoms with Gasteiger partial charge in [-0.1, -0.05) is 18.2 Å². The van der Waals surface area contributed by atoms with Crippen molar-refractivity contribution in [2.24, 2.45) is 0 Å². The fourth-order valence-corrected chi connectivity index (χ4v) is 5.96. The van der Waals surface area contributed by atoms with E-state index in [0.29, 0.717) is 40.8 Å². The van der Waals surface area contributed by atoms with Crippen molar-refractivity contribution < 1.29 is 13.5 Å². The summed E-state index contributed by atoms with van der Waals surface area (Å²) in [5.41, 5.74) is 3.16. The number of rotatable bonds is 8. The van der Waals surface area contributed by atoms with Crippen LogP contribution < -0.4 is 15.4 Å². The predicted octanol–water partition coefficient (Wildman–Crippen LogP) is 4.65. The summed E-state index contributed by atoms with van der Waals surface area (Å²) >= 11 is 0. The zero-order valence-electron chi connectivity index (χ0n) is 21.9. The molecule has 40 heavy (non-hydrogen) atoms. The average molecular weight is 559 g/mol. The van der Waals surface area contributed by atoms with Gasteiger partial charge in [0, 0.05) is 23.7 Å². The summed E-state index contributed by atoms with van der Waals surface area (Å²) in [5.74, 6) is 1.01. The summed E-state index contributed by atoms with van der Waals surface area (Å²) in [5, 5.41) is 17.4. The van der Waals surface area contributed by atoms with Gasteiger partial charge in [0.25, 0.3) is 10.0 Å². The summed E-state index contributed by atoms with van der Waals surface area (Å²) < 4.78 is 30.7. The lowest BCUT2D eigenvalue weighted by Crippen LogP contribution is -2.29. The highest BCUT2D eigenvalue weighted by Gasteiger charge is 2.22. The van der Waals surface area contributed by atoms with Crippen LogP contribution in [-0.4, -0.2) is 50.2 Å². The summed E-state index contributed by atoms with van der Waals surface area (Å²) in [7, 11) is -3.82. The molecule has 12 heteroatoms. The van der Waals surface area contributed by atoms with Crippen LogP contribution in [0.2, 0.25) is 0 Å². The topological polar surface area (TPSA) is 147 Å². The second-order valence-electron chi connectivity index (χ2n) is 9.92. The molecule has 3 heterocycles. The summed E-state index contributed by atoms with van der Waals surface area (Å²) in [6, 6.07) is 15.9. The van der Waals surface area contributed by atoms with Crippen LogP contribution in [0.25, 0.3) is 22.1 Å². The first-order chi connectivity index (χ1) is 19.4. The minimum Gasteiger partial charge on any atom is -0.393 e. The van der Waals surface area contributed by atoms with Gasteiger partial charge in [-0.2, -0.15) is 9.97 Å². The number of fused-ring (bicyclic) bond motifs is 2. The second-order valence-corrected chi connectivity index (χ2v) is 11.6. The van der Waals surface area contributed by atoms with Crippen LogP contribution in [0.15, 0.2) is 72.0 Å². The molecule has 0 radical (unpaired) electrons. The van der Waals surface area contributed by atoms with Gasteiger partial charge in [0.15, 0.2) is 17.0 Å². The molecule has 0 aliphatic heterocycles. The van der Waals surface area contributed by atoms with Crippen LogP contribution in [0.4, 0.5) is 23.1 Å². The zero-order chi connectivity index (χ0) is 27.7. The number of aliphatic hydroxyl groups is 1. The molecule has 0 bridgehead atoms. The standard InChI is InChI=1S/C28H30N8O3S/c1-2-36-17-30-25-26(33-28(34-27(25)36)32-20-7-11-22(37)12-8-20)31-19-9-13-23(14-10-19)40(38,39)35-21-15-18-5-3-4-6-24(18)29-16-21/h3-6,9-10,13-17,20,22,35,37H,2,7-8,11-12H2,1H3,(H2,31,32,33,34)/t20-,22-. The molecule has 206 valence electrons. The molecule has 3 aromatic heterocycles. The van der Waals surface area contributed by atoms with Crippen molar-refractivity contribution in [1.82, 2.24) is 24.5 Å². The van der Waals surface area contributed by atoms with E-state index in [2.05, 4.69) is 25.3 Å². The molecule has 6 rings (SSSR count). The molecular formula is C28H30N8O3S. The van der Waals surface area contributed by atoms with Crippen LogP contribution in [0.1, 0.15) is 32.6 Å². The SMILES string of the molecule is CCn1cnc2c(Nc3ccc(S(=O)(=O)Nc4cnc5ccccc5c4)cc3)nc(N[C@H]3CC[C@H](O)CC3)nc21. The molecule has 1 fully saturated rings. The number of imidazole rings is 1. The summed E-state index contributed by atoms with van der Waals surface area (Å²) in [6.07, 6.45) is 6.18. The van der Waals surface area contributed by atoms with Crippen LogP contribution in [0.5, 0.6) is 0 Å². The monoisotopic (exact) mass is 558 g/mol. The Morgan fingerprint density at radius 1 is 0.975 bits per heavy atom. The van der Waals surface area contributed by atoms with E-state index in [1.807, 2.05) is 35.8 Å². The number of anilines is 4. The molecule has 1 aliphatic carbocycles. The number of sulfonamides is 1. The Labute approximate surface area is 231 Å². The Bertz CT molecular complexity index is 1760. The van der Waals surface area contributed by atoms with E-state index in [-0.39, 0.29) is 17.0 Å². The van der Waals surface area contributed by atoms with Gasteiger partial charge in [0.1, 0.15) is 0 Å². The Morgan fingerprint density at radius 2 is 1.75 bits per heavy atom. The molecule has 0 atom stereocenters.